The molecule has 1 aliphatic carbocycles. The van der Waals surface area contributed by atoms with E-state index < -0.39 is 48.3 Å². The number of carbonyl (C=O) groups is 2. The lowest BCUT2D eigenvalue weighted by Gasteiger charge is -2.48. The number of benzene rings is 2. The first kappa shape index (κ1) is 40.2. The Hall–Kier alpha value is -6.25. The van der Waals surface area contributed by atoms with Crippen LogP contribution in [0.3, 0.4) is 0 Å². The molecule has 17 nitrogen and oxygen atoms in total. The van der Waals surface area contributed by atoms with Gasteiger partial charge in [0.25, 0.3) is 5.91 Å². The molecule has 4 atom stereocenters. The predicted octanol–water partition coefficient (Wildman–Crippen LogP) is 3.70. The molecule has 2 saturated heterocycles. The first-order chi connectivity index (χ1) is 29.5. The number of nitrogens with one attached hydrogen (secondary N) is 1. The maximum Gasteiger partial charge on any atom is 0.258 e. The molecular formula is C41H46F3N13O4. The number of amides is 2. The Kier molecular flexibility index (Phi) is 10.5. The molecule has 6 heterocycles. The molecule has 4 bridgehead atoms. The third-order valence-corrected chi connectivity index (χ3v) is 11.6. The van der Waals surface area contributed by atoms with Gasteiger partial charge < -0.3 is 29.5 Å². The van der Waals surface area contributed by atoms with E-state index in [2.05, 4.69) is 32.1 Å². The number of hydrogen-bond donors (Lipinski definition) is 2. The molecule has 3 aliphatic heterocycles. The van der Waals surface area contributed by atoms with Gasteiger partial charge in [-0.25, -0.2) is 37.8 Å². The third kappa shape index (κ3) is 7.27. The van der Waals surface area contributed by atoms with Crippen molar-refractivity contribution < 1.29 is 34.0 Å². The van der Waals surface area contributed by atoms with Crippen LogP contribution >= 0.6 is 0 Å². The number of aliphatic hydroxyl groups excluding tert-OH is 1. The summed E-state index contributed by atoms with van der Waals surface area (Å²) in [6, 6.07) is 5.44. The maximum absolute atomic E-state index is 15.3. The molecule has 2 amide bonds. The Morgan fingerprint density at radius 2 is 1.89 bits per heavy atom. The first-order valence-corrected chi connectivity index (χ1v) is 20.1. The highest BCUT2D eigenvalue weighted by Gasteiger charge is 2.51. The number of anilines is 1. The molecule has 20 heteroatoms. The van der Waals surface area contributed by atoms with Crippen LogP contribution in [0.1, 0.15) is 39.0 Å². The Morgan fingerprint density at radius 1 is 1.07 bits per heavy atom. The minimum atomic E-state index is -0.890. The number of aliphatic hydroxyl groups is 1. The fourth-order valence-electron chi connectivity index (χ4n) is 8.69. The van der Waals surface area contributed by atoms with E-state index in [4.69, 9.17) is 14.7 Å². The molecule has 3 fully saturated rings. The second-order valence-corrected chi connectivity index (χ2v) is 15.6. The number of aromatic nitrogens is 6. The van der Waals surface area contributed by atoms with Crippen LogP contribution in [0.4, 0.5) is 24.9 Å². The lowest BCUT2D eigenvalue weighted by molar-refractivity contribution is -0.201. The van der Waals surface area contributed by atoms with E-state index in [9.17, 15) is 19.1 Å². The fraction of sp³-hybridized carbons (Fsp3) is 0.415. The zero-order valence-electron chi connectivity index (χ0n) is 33.7. The average Bonchev–Trinajstić information content (AvgIpc) is 3.69. The van der Waals surface area contributed by atoms with Crippen molar-refractivity contribution in [3.8, 4) is 16.9 Å². The number of aliphatic imine (C=N–C) groups is 2. The van der Waals surface area contributed by atoms with Crippen LogP contribution < -0.4 is 5.32 Å². The van der Waals surface area contributed by atoms with Gasteiger partial charge >= 0.3 is 0 Å². The number of amidine groups is 1. The number of ether oxygens (including phenoxy) is 1. The standard InChI is InChI=1S/C41H44F3N13O4.H2/c1-5-61-27-18-52(4)39(59)34-15-25(50-41-46-11-10-31(51-41)28-12-24(43)14-32-36(28)53(19-27)22(2)49-32)17-54(34)38(47-21-55-35(20-58)40(60)57(55)26-7-8-26)29-16-48-56(37(29)45-3)33-9-6-23(42)13-30(33)44;/h6,9-14,16,25-27,34-35,58H,3,5,7-8,15,17-21H2,1-2,4H3,(H,46,50,51);1H/b47-38+;/t25-,27-,34-,35+;/m0./s1. The molecule has 2 aromatic carbocycles. The van der Waals surface area contributed by atoms with E-state index in [1.165, 1.54) is 29.1 Å². The minimum Gasteiger partial charge on any atom is -0.394 e. The van der Waals surface area contributed by atoms with Gasteiger partial charge in [0, 0.05) is 64.1 Å². The van der Waals surface area contributed by atoms with E-state index in [-0.39, 0.29) is 80.9 Å². The molecule has 3 aromatic heterocycles. The quantitative estimate of drug-likeness (QED) is 0.164. The monoisotopic (exact) mass is 841 g/mol. The minimum absolute atomic E-state index is 0. The van der Waals surface area contributed by atoms with Crippen LogP contribution in [-0.4, -0.2) is 149 Å². The number of likely N-dealkylation sites (N-methyl/N-ethyl adjacent to an activating group) is 1. The lowest BCUT2D eigenvalue weighted by atomic mass is 10.1. The summed E-state index contributed by atoms with van der Waals surface area (Å²) in [6.45, 7) is 7.94. The van der Waals surface area contributed by atoms with Crippen LogP contribution in [0.25, 0.3) is 28.0 Å². The number of likely N-dealkylation sites (tertiary alicyclic amines) is 1. The average molecular weight is 842 g/mol. The molecule has 5 aromatic rings. The van der Waals surface area contributed by atoms with Gasteiger partial charge in [-0.2, -0.15) is 10.1 Å². The Bertz CT molecular complexity index is 2580. The van der Waals surface area contributed by atoms with E-state index in [1.54, 1.807) is 34.2 Å². The highest BCUT2D eigenvalue weighted by Crippen LogP contribution is 2.37. The molecule has 9 rings (SSSR count). The number of rotatable bonds is 9. The second kappa shape index (κ2) is 16.0. The van der Waals surface area contributed by atoms with Crippen molar-refractivity contribution in [2.24, 2.45) is 9.98 Å². The van der Waals surface area contributed by atoms with Crippen molar-refractivity contribution >= 4 is 47.2 Å². The Morgan fingerprint density at radius 3 is 2.62 bits per heavy atom. The highest BCUT2D eigenvalue weighted by molar-refractivity contribution is 6.05. The fourth-order valence-corrected chi connectivity index (χ4v) is 8.69. The Labute approximate surface area is 349 Å². The highest BCUT2D eigenvalue weighted by atomic mass is 19.1. The summed E-state index contributed by atoms with van der Waals surface area (Å²) in [7, 11) is 1.70. The lowest BCUT2D eigenvalue weighted by Crippen LogP contribution is -2.70. The summed E-state index contributed by atoms with van der Waals surface area (Å²) in [4.78, 5) is 54.7. The molecule has 1 saturated carbocycles. The topological polar surface area (TPSA) is 175 Å². The van der Waals surface area contributed by atoms with Crippen LogP contribution in [0, 0.1) is 24.4 Å². The van der Waals surface area contributed by atoms with Crippen molar-refractivity contribution in [3.05, 3.63) is 77.6 Å². The Balaban J connectivity index is 0.00000529. The number of aryl methyl sites for hydroxylation is 1. The molecule has 0 radical (unpaired) electrons. The van der Waals surface area contributed by atoms with Crippen LogP contribution in [0.15, 0.2) is 58.8 Å². The van der Waals surface area contributed by atoms with Gasteiger partial charge in [0.2, 0.25) is 11.9 Å². The normalized spacial score (nSPS) is 22.3. The van der Waals surface area contributed by atoms with E-state index in [0.29, 0.717) is 34.7 Å². The number of carbonyl (C=O) groups excluding carboxylic acids is 2. The third-order valence-electron chi connectivity index (χ3n) is 11.6. The zero-order chi connectivity index (χ0) is 42.7. The van der Waals surface area contributed by atoms with Crippen molar-refractivity contribution in [1.82, 2.24) is 49.1 Å². The summed E-state index contributed by atoms with van der Waals surface area (Å²) in [5, 5.41) is 21.3. The van der Waals surface area contributed by atoms with Crippen LogP contribution in [0.5, 0.6) is 0 Å². The number of imidazole rings is 1. The van der Waals surface area contributed by atoms with Gasteiger partial charge in [-0.1, -0.05) is 0 Å². The van der Waals surface area contributed by atoms with Gasteiger partial charge in [-0.05, 0) is 64.1 Å². The SMILES string of the molecule is C=Nc1c(/C(=N\CN2[C@H](CO)C(=O)N2C2CC2)N2C[C@@H]3C[C@H]2C(=O)N(C)C[C@H](OCC)Cn2c(C)nc4cc(F)cc(c42)-c2ccnc(n2)N3)cnn1-c1ccc(F)cc1F.[HH]. The number of nitrogens with zero attached hydrogens (tertiary/aromatic N) is 12. The number of hydrazine groups is 1. The van der Waals surface area contributed by atoms with Gasteiger partial charge in [0.15, 0.2) is 11.6 Å². The van der Waals surface area contributed by atoms with Crippen molar-refractivity contribution in [2.45, 2.75) is 69.9 Å². The van der Waals surface area contributed by atoms with E-state index in [1.807, 2.05) is 23.3 Å². The van der Waals surface area contributed by atoms with Gasteiger partial charge in [0.1, 0.15) is 47.7 Å². The first-order valence-electron chi connectivity index (χ1n) is 20.1. The van der Waals surface area contributed by atoms with Gasteiger partial charge in [-0.15, -0.1) is 0 Å². The maximum atomic E-state index is 15.3. The molecule has 4 aliphatic rings. The zero-order valence-corrected chi connectivity index (χ0v) is 33.7. The predicted molar refractivity (Wildman–Crippen MR) is 220 cm³/mol. The van der Waals surface area contributed by atoms with Gasteiger partial charge in [-0.3, -0.25) is 19.6 Å². The molecule has 2 N–H and O–H groups in total. The molecule has 0 unspecified atom stereocenters. The summed E-state index contributed by atoms with van der Waals surface area (Å²) in [6.07, 6.45) is 4.37. The number of hydrogen-bond acceptors (Lipinski definition) is 12. The van der Waals surface area contributed by atoms with Crippen molar-refractivity contribution in [3.63, 3.8) is 0 Å². The van der Waals surface area contributed by atoms with E-state index >= 15 is 8.78 Å². The summed E-state index contributed by atoms with van der Waals surface area (Å²) < 4.78 is 53.9. The smallest absolute Gasteiger partial charge is 0.258 e. The van der Waals surface area contributed by atoms with Gasteiger partial charge in [0.05, 0.1) is 47.7 Å². The molecular weight excluding hydrogens is 796 g/mol. The molecule has 61 heavy (non-hydrogen) atoms. The second-order valence-electron chi connectivity index (χ2n) is 15.6. The summed E-state index contributed by atoms with van der Waals surface area (Å²) in [5.74, 6) is -1.44. The number of fused-ring (bicyclic) bond motifs is 5. The van der Waals surface area contributed by atoms with Crippen molar-refractivity contribution in [2.75, 3.05) is 45.3 Å². The summed E-state index contributed by atoms with van der Waals surface area (Å²) >= 11 is 0. The number of halogens is 3. The van der Waals surface area contributed by atoms with Crippen molar-refractivity contribution in [1.29, 1.82) is 0 Å². The molecule has 320 valence electrons. The van der Waals surface area contributed by atoms with Crippen LogP contribution in [0.2, 0.25) is 0 Å². The molecule has 0 spiro atoms. The summed E-state index contributed by atoms with van der Waals surface area (Å²) in [5.41, 5.74) is 2.29. The van der Waals surface area contributed by atoms with Crippen LogP contribution in [-0.2, 0) is 20.9 Å². The van der Waals surface area contributed by atoms with E-state index in [0.717, 1.165) is 25.0 Å². The largest absolute Gasteiger partial charge is 0.394 e.